The van der Waals surface area contributed by atoms with Gasteiger partial charge in [0.1, 0.15) is 12.6 Å². The molecule has 5 heteroatoms. The van der Waals surface area contributed by atoms with Crippen molar-refractivity contribution in [3.63, 3.8) is 0 Å². The molecule has 3 rings (SSSR count). The predicted octanol–water partition coefficient (Wildman–Crippen LogP) is 1.28. The summed E-state index contributed by atoms with van der Waals surface area (Å²) in [6, 6.07) is 14.2. The third kappa shape index (κ3) is 2.91. The quantitative estimate of drug-likeness (QED) is 0.922. The summed E-state index contributed by atoms with van der Waals surface area (Å²) in [4.78, 5) is 30.2. The van der Waals surface area contributed by atoms with Gasteiger partial charge in [0.05, 0.1) is 12.2 Å². The smallest absolute Gasteiger partial charge is 0.250 e. The fourth-order valence-corrected chi connectivity index (χ4v) is 2.39. The lowest BCUT2D eigenvalue weighted by Gasteiger charge is -2.32. The number of nitrogens with zero attached hydrogens (tertiary/aromatic N) is 2. The lowest BCUT2D eigenvalue weighted by Crippen LogP contribution is -2.53. The number of hydrogen-bond donors (Lipinski definition) is 1. The van der Waals surface area contributed by atoms with Crippen LogP contribution in [0.1, 0.15) is 17.3 Å². The Balaban J connectivity index is 1.82. The molecule has 0 spiro atoms. The summed E-state index contributed by atoms with van der Waals surface area (Å²) in [6.45, 7) is 0.412. The van der Waals surface area contributed by atoms with Crippen molar-refractivity contribution in [1.29, 1.82) is 0 Å². The van der Waals surface area contributed by atoms with Crippen LogP contribution in [0.25, 0.3) is 0 Å². The predicted molar refractivity (Wildman–Crippen MR) is 77.0 cm³/mol. The van der Waals surface area contributed by atoms with Gasteiger partial charge in [-0.2, -0.15) is 0 Å². The topological polar surface area (TPSA) is 62.3 Å². The van der Waals surface area contributed by atoms with E-state index in [2.05, 4.69) is 10.3 Å². The molecule has 0 radical (unpaired) electrons. The van der Waals surface area contributed by atoms with Crippen LogP contribution in [-0.2, 0) is 16.1 Å². The number of pyridine rings is 1. The number of carbonyl (C=O) groups is 2. The molecule has 0 saturated carbocycles. The highest BCUT2D eigenvalue weighted by Crippen LogP contribution is 2.20. The number of hydrogen-bond acceptors (Lipinski definition) is 3. The second-order valence-electron chi connectivity index (χ2n) is 4.93. The Morgan fingerprint density at radius 3 is 2.57 bits per heavy atom. The SMILES string of the molecule is O=C1CN(Cc2ccccn2)C(=O)C(c2ccccc2)N1. The van der Waals surface area contributed by atoms with Gasteiger partial charge in [0.15, 0.2) is 0 Å². The second-order valence-corrected chi connectivity index (χ2v) is 4.93. The zero-order valence-corrected chi connectivity index (χ0v) is 11.4. The van der Waals surface area contributed by atoms with Gasteiger partial charge in [-0.1, -0.05) is 36.4 Å². The van der Waals surface area contributed by atoms with Crippen LogP contribution in [-0.4, -0.2) is 28.2 Å². The fourth-order valence-electron chi connectivity index (χ4n) is 2.39. The van der Waals surface area contributed by atoms with Crippen LogP contribution < -0.4 is 5.32 Å². The third-order valence-electron chi connectivity index (χ3n) is 3.41. The number of amides is 2. The molecule has 2 heterocycles. The summed E-state index contributed by atoms with van der Waals surface area (Å²) >= 11 is 0. The van der Waals surface area contributed by atoms with E-state index in [-0.39, 0.29) is 18.4 Å². The minimum atomic E-state index is -0.615. The van der Waals surface area contributed by atoms with E-state index >= 15 is 0 Å². The normalized spacial score (nSPS) is 18.5. The van der Waals surface area contributed by atoms with Crippen molar-refractivity contribution in [3.05, 3.63) is 66.0 Å². The maximum absolute atomic E-state index is 12.6. The number of aromatic nitrogens is 1. The number of carbonyl (C=O) groups excluding carboxylic acids is 2. The zero-order valence-electron chi connectivity index (χ0n) is 11.4. The molecular formula is C16H15N3O2. The van der Waals surface area contributed by atoms with Crippen molar-refractivity contribution in [2.75, 3.05) is 6.54 Å². The summed E-state index contributed by atoms with van der Waals surface area (Å²) in [5.74, 6) is -0.258. The molecule has 1 aliphatic rings. The highest BCUT2D eigenvalue weighted by atomic mass is 16.2. The highest BCUT2D eigenvalue weighted by Gasteiger charge is 2.33. The molecule has 1 N–H and O–H groups in total. The molecule has 1 aromatic carbocycles. The summed E-state index contributed by atoms with van der Waals surface area (Å²) in [5, 5.41) is 2.75. The van der Waals surface area contributed by atoms with E-state index in [0.29, 0.717) is 6.54 Å². The maximum Gasteiger partial charge on any atom is 0.250 e. The van der Waals surface area contributed by atoms with Gasteiger partial charge in [0, 0.05) is 6.20 Å². The Morgan fingerprint density at radius 2 is 1.86 bits per heavy atom. The van der Waals surface area contributed by atoms with Crippen LogP contribution in [0.2, 0.25) is 0 Å². The van der Waals surface area contributed by atoms with Gasteiger partial charge in [-0.05, 0) is 17.7 Å². The molecule has 1 fully saturated rings. The average Bonchev–Trinajstić information content (AvgIpc) is 2.52. The Kier molecular flexibility index (Phi) is 3.64. The average molecular weight is 281 g/mol. The van der Waals surface area contributed by atoms with Gasteiger partial charge in [0.2, 0.25) is 5.91 Å². The molecule has 1 saturated heterocycles. The third-order valence-corrected chi connectivity index (χ3v) is 3.41. The van der Waals surface area contributed by atoms with Crippen LogP contribution in [0.15, 0.2) is 54.7 Å². The molecule has 1 atom stereocenters. The van der Waals surface area contributed by atoms with Gasteiger partial charge in [-0.25, -0.2) is 0 Å². The molecule has 2 aromatic rings. The Bertz CT molecular complexity index is 643. The van der Waals surface area contributed by atoms with E-state index < -0.39 is 6.04 Å². The van der Waals surface area contributed by atoms with E-state index in [9.17, 15) is 9.59 Å². The minimum Gasteiger partial charge on any atom is -0.339 e. The van der Waals surface area contributed by atoms with E-state index in [1.807, 2.05) is 48.5 Å². The number of rotatable bonds is 3. The first-order chi connectivity index (χ1) is 10.2. The summed E-state index contributed by atoms with van der Waals surface area (Å²) in [6.07, 6.45) is 1.68. The van der Waals surface area contributed by atoms with E-state index in [1.165, 1.54) is 0 Å². The maximum atomic E-state index is 12.6. The molecule has 1 unspecified atom stereocenters. The van der Waals surface area contributed by atoms with Crippen molar-refractivity contribution in [3.8, 4) is 0 Å². The van der Waals surface area contributed by atoms with Crippen molar-refractivity contribution >= 4 is 11.8 Å². The molecular weight excluding hydrogens is 266 g/mol. The fraction of sp³-hybridized carbons (Fsp3) is 0.188. The number of nitrogens with one attached hydrogen (secondary N) is 1. The van der Waals surface area contributed by atoms with Crippen molar-refractivity contribution in [1.82, 2.24) is 15.2 Å². The van der Waals surface area contributed by atoms with Crippen LogP contribution in [0, 0.1) is 0 Å². The van der Waals surface area contributed by atoms with Gasteiger partial charge < -0.3 is 10.2 Å². The molecule has 106 valence electrons. The van der Waals surface area contributed by atoms with E-state index in [4.69, 9.17) is 0 Å². The Labute approximate surface area is 122 Å². The van der Waals surface area contributed by atoms with Crippen molar-refractivity contribution < 1.29 is 9.59 Å². The van der Waals surface area contributed by atoms with Gasteiger partial charge in [0.25, 0.3) is 5.91 Å². The monoisotopic (exact) mass is 281 g/mol. The van der Waals surface area contributed by atoms with Crippen molar-refractivity contribution in [2.45, 2.75) is 12.6 Å². The summed E-state index contributed by atoms with van der Waals surface area (Å²) < 4.78 is 0. The molecule has 2 amide bonds. The molecule has 1 aromatic heterocycles. The van der Waals surface area contributed by atoms with Crippen LogP contribution in [0.4, 0.5) is 0 Å². The molecule has 21 heavy (non-hydrogen) atoms. The molecule has 0 bridgehead atoms. The molecule has 0 aliphatic carbocycles. The number of benzene rings is 1. The molecule has 5 nitrogen and oxygen atoms in total. The van der Waals surface area contributed by atoms with Crippen LogP contribution in [0.5, 0.6) is 0 Å². The standard InChI is InChI=1S/C16H15N3O2/c20-14-11-19(10-13-8-4-5-9-17-13)16(21)15(18-14)12-6-2-1-3-7-12/h1-9,15H,10-11H2,(H,18,20). The first kappa shape index (κ1) is 13.3. The lowest BCUT2D eigenvalue weighted by atomic mass is 10.0. The second kappa shape index (κ2) is 5.75. The van der Waals surface area contributed by atoms with E-state index in [0.717, 1.165) is 11.3 Å². The summed E-state index contributed by atoms with van der Waals surface area (Å²) in [7, 11) is 0. The van der Waals surface area contributed by atoms with Crippen LogP contribution in [0.3, 0.4) is 0 Å². The van der Waals surface area contributed by atoms with Crippen molar-refractivity contribution in [2.24, 2.45) is 0 Å². The van der Waals surface area contributed by atoms with Crippen LogP contribution >= 0.6 is 0 Å². The minimum absolute atomic E-state index is 0.0682. The van der Waals surface area contributed by atoms with Gasteiger partial charge in [-0.3, -0.25) is 14.6 Å². The van der Waals surface area contributed by atoms with Gasteiger partial charge in [-0.15, -0.1) is 0 Å². The molecule has 1 aliphatic heterocycles. The number of piperazine rings is 1. The summed E-state index contributed by atoms with van der Waals surface area (Å²) in [5.41, 5.74) is 1.56. The first-order valence-electron chi connectivity index (χ1n) is 6.77. The first-order valence-corrected chi connectivity index (χ1v) is 6.77. The zero-order chi connectivity index (χ0) is 14.7. The van der Waals surface area contributed by atoms with E-state index in [1.54, 1.807) is 11.1 Å². The Morgan fingerprint density at radius 1 is 1.10 bits per heavy atom. The largest absolute Gasteiger partial charge is 0.339 e. The lowest BCUT2D eigenvalue weighted by molar-refractivity contribution is -0.145. The Hall–Kier alpha value is -2.69. The van der Waals surface area contributed by atoms with Gasteiger partial charge >= 0.3 is 0 Å². The highest BCUT2D eigenvalue weighted by molar-refractivity contribution is 5.95.